The number of hydrogen-bond acceptors (Lipinski definition) is 4. The van der Waals surface area contributed by atoms with Crippen molar-refractivity contribution in [2.24, 2.45) is 0 Å². The van der Waals surface area contributed by atoms with Crippen molar-refractivity contribution in [2.75, 3.05) is 6.61 Å². The minimum absolute atomic E-state index is 0.0582. The molecule has 1 saturated heterocycles. The summed E-state index contributed by atoms with van der Waals surface area (Å²) in [5.41, 5.74) is 1.56. The highest BCUT2D eigenvalue weighted by atomic mass is 35.5. The monoisotopic (exact) mass is 334 g/mol. The van der Waals surface area contributed by atoms with Crippen molar-refractivity contribution >= 4 is 17.5 Å². The van der Waals surface area contributed by atoms with Gasteiger partial charge in [0.05, 0.1) is 17.2 Å². The Bertz CT molecular complexity index is 708. The Morgan fingerprint density at radius 3 is 2.91 bits per heavy atom. The summed E-state index contributed by atoms with van der Waals surface area (Å²) in [6.45, 7) is 4.42. The molecular weight excluding hydrogens is 316 g/mol. The van der Waals surface area contributed by atoms with Crippen LogP contribution in [0, 0.1) is 6.92 Å². The maximum Gasteiger partial charge on any atom is 0.257 e. The lowest BCUT2D eigenvalue weighted by molar-refractivity contribution is 0.0712. The number of amides is 1. The maximum atomic E-state index is 12.7. The highest BCUT2D eigenvalue weighted by Crippen LogP contribution is 2.31. The minimum Gasteiger partial charge on any atom is -0.376 e. The van der Waals surface area contributed by atoms with Gasteiger partial charge in [-0.2, -0.15) is 0 Å². The van der Waals surface area contributed by atoms with Gasteiger partial charge in [-0.25, -0.2) is 0 Å². The van der Waals surface area contributed by atoms with Crippen LogP contribution < -0.4 is 5.32 Å². The topological polar surface area (TPSA) is 64.4 Å². The summed E-state index contributed by atoms with van der Waals surface area (Å²) in [5.74, 6) is 0.249. The maximum absolute atomic E-state index is 12.7. The lowest BCUT2D eigenvalue weighted by Gasteiger charge is -2.20. The largest absolute Gasteiger partial charge is 0.376 e. The van der Waals surface area contributed by atoms with Gasteiger partial charge in [-0.3, -0.25) is 4.79 Å². The van der Waals surface area contributed by atoms with Gasteiger partial charge in [0.1, 0.15) is 17.0 Å². The Morgan fingerprint density at radius 1 is 1.43 bits per heavy atom. The van der Waals surface area contributed by atoms with E-state index in [-0.39, 0.29) is 18.1 Å². The summed E-state index contributed by atoms with van der Waals surface area (Å²) in [6, 6.07) is 7.19. The highest BCUT2D eigenvalue weighted by molar-refractivity contribution is 6.33. The summed E-state index contributed by atoms with van der Waals surface area (Å²) in [5, 5.41) is 7.54. The average Bonchev–Trinajstić information content (AvgIpc) is 3.17. The summed E-state index contributed by atoms with van der Waals surface area (Å²) >= 11 is 6.22. The predicted octanol–water partition coefficient (Wildman–Crippen LogP) is 3.60. The van der Waals surface area contributed by atoms with Crippen LogP contribution in [0.25, 0.3) is 11.3 Å². The summed E-state index contributed by atoms with van der Waals surface area (Å²) in [4.78, 5) is 12.7. The molecule has 1 aromatic heterocycles. The molecule has 6 heteroatoms. The molecule has 122 valence electrons. The molecule has 0 unspecified atom stereocenters. The molecule has 5 nitrogen and oxygen atoms in total. The van der Waals surface area contributed by atoms with Crippen molar-refractivity contribution in [3.8, 4) is 11.3 Å². The summed E-state index contributed by atoms with van der Waals surface area (Å²) in [7, 11) is 0. The van der Waals surface area contributed by atoms with Gasteiger partial charge in [0.2, 0.25) is 0 Å². The van der Waals surface area contributed by atoms with Gasteiger partial charge in [0, 0.05) is 12.2 Å². The Hall–Kier alpha value is -1.85. The van der Waals surface area contributed by atoms with E-state index in [1.807, 2.05) is 25.1 Å². The van der Waals surface area contributed by atoms with Crippen molar-refractivity contribution in [1.29, 1.82) is 0 Å². The number of nitrogens with one attached hydrogen (secondary N) is 1. The van der Waals surface area contributed by atoms with E-state index in [0.717, 1.165) is 19.4 Å². The van der Waals surface area contributed by atoms with Crippen LogP contribution in [-0.4, -0.2) is 29.8 Å². The second kappa shape index (κ2) is 6.72. The van der Waals surface area contributed by atoms with Crippen LogP contribution in [0.4, 0.5) is 0 Å². The molecule has 2 atom stereocenters. The fourth-order valence-electron chi connectivity index (χ4n) is 2.85. The van der Waals surface area contributed by atoms with Gasteiger partial charge >= 0.3 is 0 Å². The molecule has 3 rings (SSSR count). The molecule has 1 aromatic carbocycles. The Labute approximate surface area is 139 Å². The standard InChI is InChI=1S/C17H19ClN2O3/c1-10(14-8-5-9-22-14)19-17(21)15-11(2)23-20-16(15)12-6-3-4-7-13(12)18/h3-4,6-7,10,14H,5,8-9H2,1-2H3,(H,19,21)/t10-,14+/m1/s1. The number of aryl methyl sites for hydroxylation is 1. The molecule has 2 aromatic rings. The highest BCUT2D eigenvalue weighted by Gasteiger charge is 2.28. The van der Waals surface area contributed by atoms with Gasteiger partial charge in [-0.05, 0) is 32.8 Å². The number of benzene rings is 1. The number of carbonyl (C=O) groups excluding carboxylic acids is 1. The lowest BCUT2D eigenvalue weighted by Crippen LogP contribution is -2.41. The van der Waals surface area contributed by atoms with E-state index < -0.39 is 0 Å². The molecule has 1 N–H and O–H groups in total. The van der Waals surface area contributed by atoms with E-state index in [1.165, 1.54) is 0 Å². The molecular formula is C17H19ClN2O3. The van der Waals surface area contributed by atoms with Crippen molar-refractivity contribution in [1.82, 2.24) is 10.5 Å². The second-order valence-electron chi connectivity index (χ2n) is 5.76. The van der Waals surface area contributed by atoms with Crippen LogP contribution in [0.5, 0.6) is 0 Å². The van der Waals surface area contributed by atoms with E-state index >= 15 is 0 Å². The molecule has 2 heterocycles. The number of rotatable bonds is 4. The van der Waals surface area contributed by atoms with E-state index in [1.54, 1.807) is 13.0 Å². The minimum atomic E-state index is -0.221. The molecule has 0 saturated carbocycles. The first kappa shape index (κ1) is 16.0. The third kappa shape index (κ3) is 3.26. The zero-order valence-corrected chi connectivity index (χ0v) is 13.9. The molecule has 1 aliphatic heterocycles. The second-order valence-corrected chi connectivity index (χ2v) is 6.16. The van der Waals surface area contributed by atoms with Crippen LogP contribution in [0.2, 0.25) is 5.02 Å². The third-order valence-corrected chi connectivity index (χ3v) is 4.43. The first-order valence-electron chi connectivity index (χ1n) is 7.71. The number of nitrogens with zero attached hydrogens (tertiary/aromatic N) is 1. The SMILES string of the molecule is Cc1onc(-c2ccccc2Cl)c1C(=O)N[C@H](C)[C@@H]1CCCO1. The lowest BCUT2D eigenvalue weighted by atomic mass is 10.0. The van der Waals surface area contributed by atoms with Crippen molar-refractivity contribution in [3.05, 3.63) is 40.6 Å². The van der Waals surface area contributed by atoms with Crippen LogP contribution in [0.3, 0.4) is 0 Å². The smallest absolute Gasteiger partial charge is 0.257 e. The quantitative estimate of drug-likeness (QED) is 0.927. The van der Waals surface area contributed by atoms with E-state index in [2.05, 4.69) is 10.5 Å². The number of halogens is 1. The van der Waals surface area contributed by atoms with Gasteiger partial charge in [0.25, 0.3) is 5.91 Å². The molecule has 0 bridgehead atoms. The zero-order chi connectivity index (χ0) is 16.4. The van der Waals surface area contributed by atoms with Gasteiger partial charge < -0.3 is 14.6 Å². The molecule has 1 amide bonds. The van der Waals surface area contributed by atoms with Crippen molar-refractivity contribution in [2.45, 2.75) is 38.8 Å². The fraction of sp³-hybridized carbons (Fsp3) is 0.412. The fourth-order valence-corrected chi connectivity index (χ4v) is 3.07. The molecule has 0 aliphatic carbocycles. The molecule has 23 heavy (non-hydrogen) atoms. The van der Waals surface area contributed by atoms with Gasteiger partial charge in [-0.1, -0.05) is 35.0 Å². The van der Waals surface area contributed by atoms with Crippen LogP contribution in [-0.2, 0) is 4.74 Å². The first-order valence-corrected chi connectivity index (χ1v) is 8.09. The van der Waals surface area contributed by atoms with Gasteiger partial charge in [-0.15, -0.1) is 0 Å². The van der Waals surface area contributed by atoms with E-state index in [4.69, 9.17) is 20.9 Å². The zero-order valence-electron chi connectivity index (χ0n) is 13.1. The Balaban J connectivity index is 1.86. The molecule has 0 radical (unpaired) electrons. The summed E-state index contributed by atoms with van der Waals surface area (Å²) in [6.07, 6.45) is 2.05. The molecule has 0 spiro atoms. The van der Waals surface area contributed by atoms with Crippen molar-refractivity contribution in [3.63, 3.8) is 0 Å². The van der Waals surface area contributed by atoms with Gasteiger partial charge in [0.15, 0.2) is 0 Å². The molecule has 1 fully saturated rings. The average molecular weight is 335 g/mol. The van der Waals surface area contributed by atoms with E-state index in [0.29, 0.717) is 27.6 Å². The number of hydrogen-bond donors (Lipinski definition) is 1. The Morgan fingerprint density at radius 2 is 2.22 bits per heavy atom. The van der Waals surface area contributed by atoms with E-state index in [9.17, 15) is 4.79 Å². The van der Waals surface area contributed by atoms with Crippen LogP contribution >= 0.6 is 11.6 Å². The summed E-state index contributed by atoms with van der Waals surface area (Å²) < 4.78 is 10.9. The van der Waals surface area contributed by atoms with Crippen molar-refractivity contribution < 1.29 is 14.1 Å². The van der Waals surface area contributed by atoms with Crippen LogP contribution in [0.15, 0.2) is 28.8 Å². The third-order valence-electron chi connectivity index (χ3n) is 4.10. The normalized spacial score (nSPS) is 18.8. The number of ether oxygens (including phenoxy) is 1. The Kier molecular flexibility index (Phi) is 4.68. The number of carbonyl (C=O) groups is 1. The number of aromatic nitrogens is 1. The van der Waals surface area contributed by atoms with Crippen LogP contribution in [0.1, 0.15) is 35.9 Å². The molecule has 1 aliphatic rings. The first-order chi connectivity index (χ1) is 11.1. The predicted molar refractivity (Wildman–Crippen MR) is 87.6 cm³/mol.